The monoisotopic (exact) mass is 357 g/mol. The van der Waals surface area contributed by atoms with Crippen LogP contribution in [-0.2, 0) is 11.2 Å². The molecule has 0 spiro atoms. The minimum atomic E-state index is -1.10. The van der Waals surface area contributed by atoms with Crippen molar-refractivity contribution in [3.63, 3.8) is 0 Å². The van der Waals surface area contributed by atoms with Gasteiger partial charge >= 0.3 is 5.97 Å². The Bertz CT molecular complexity index is 788. The van der Waals surface area contributed by atoms with Crippen LogP contribution in [0.3, 0.4) is 0 Å². The number of nitrogens with one attached hydrogen (secondary N) is 1. The van der Waals surface area contributed by atoms with Gasteiger partial charge in [0, 0.05) is 12.0 Å². The highest BCUT2D eigenvalue weighted by Gasteiger charge is 2.24. The SMILES string of the molecule is COc1cc(C(=O)N[C@H](Cc2ccccc2)C(=O)O)cc2c1OCCO2. The quantitative estimate of drug-likeness (QED) is 0.820. The molecule has 1 heterocycles. The number of aliphatic carboxylic acids is 1. The molecule has 1 aliphatic heterocycles. The number of hydrogen-bond acceptors (Lipinski definition) is 5. The third-order valence-corrected chi connectivity index (χ3v) is 3.98. The van der Waals surface area contributed by atoms with Crippen molar-refractivity contribution in [1.29, 1.82) is 0 Å². The Labute approximate surface area is 150 Å². The lowest BCUT2D eigenvalue weighted by atomic mass is 10.1. The second-order valence-electron chi connectivity index (χ2n) is 5.76. The first-order chi connectivity index (χ1) is 12.6. The van der Waals surface area contributed by atoms with Gasteiger partial charge in [0.05, 0.1) is 7.11 Å². The number of fused-ring (bicyclic) bond motifs is 1. The van der Waals surface area contributed by atoms with E-state index in [1.54, 1.807) is 0 Å². The molecule has 7 nitrogen and oxygen atoms in total. The van der Waals surface area contributed by atoms with E-state index in [1.807, 2.05) is 30.3 Å². The zero-order valence-corrected chi connectivity index (χ0v) is 14.2. The number of rotatable bonds is 6. The predicted molar refractivity (Wildman–Crippen MR) is 93.0 cm³/mol. The number of methoxy groups -OCH3 is 1. The van der Waals surface area contributed by atoms with E-state index < -0.39 is 17.9 Å². The van der Waals surface area contributed by atoms with Crippen molar-refractivity contribution in [3.8, 4) is 17.2 Å². The summed E-state index contributed by atoms with van der Waals surface area (Å²) in [6.07, 6.45) is 0.184. The molecule has 3 rings (SSSR count). The van der Waals surface area contributed by atoms with Crippen LogP contribution in [0, 0.1) is 0 Å². The third-order valence-electron chi connectivity index (χ3n) is 3.98. The van der Waals surface area contributed by atoms with Gasteiger partial charge in [-0.15, -0.1) is 0 Å². The summed E-state index contributed by atoms with van der Waals surface area (Å²) in [5.41, 5.74) is 1.06. The van der Waals surface area contributed by atoms with Crippen LogP contribution in [-0.4, -0.2) is 43.3 Å². The molecule has 7 heteroatoms. The Morgan fingerprint density at radius 2 is 1.92 bits per heavy atom. The molecular weight excluding hydrogens is 338 g/mol. The van der Waals surface area contributed by atoms with E-state index >= 15 is 0 Å². The van der Waals surface area contributed by atoms with Crippen molar-refractivity contribution in [3.05, 3.63) is 53.6 Å². The summed E-state index contributed by atoms with van der Waals surface area (Å²) in [5.74, 6) is -0.428. The van der Waals surface area contributed by atoms with Gasteiger partial charge in [0.15, 0.2) is 11.5 Å². The standard InChI is InChI=1S/C19H19NO6/c1-24-15-10-13(11-16-17(15)26-8-7-25-16)18(21)20-14(19(22)23)9-12-5-3-2-4-6-12/h2-6,10-11,14H,7-9H2,1H3,(H,20,21)(H,22,23)/t14-/m1/s1. The van der Waals surface area contributed by atoms with E-state index in [2.05, 4.69) is 5.32 Å². The molecule has 0 aromatic heterocycles. The smallest absolute Gasteiger partial charge is 0.326 e. The van der Waals surface area contributed by atoms with Gasteiger partial charge in [-0.1, -0.05) is 30.3 Å². The summed E-state index contributed by atoms with van der Waals surface area (Å²) in [6.45, 7) is 0.764. The second-order valence-corrected chi connectivity index (χ2v) is 5.76. The normalized spacial score (nSPS) is 13.6. The van der Waals surface area contributed by atoms with Gasteiger partial charge in [0.1, 0.15) is 19.3 Å². The number of hydrogen-bond donors (Lipinski definition) is 2. The van der Waals surface area contributed by atoms with Crippen molar-refractivity contribution < 1.29 is 28.9 Å². The average Bonchev–Trinajstić information content (AvgIpc) is 2.67. The fraction of sp³-hybridized carbons (Fsp3) is 0.263. The van der Waals surface area contributed by atoms with E-state index in [-0.39, 0.29) is 12.0 Å². The molecule has 0 saturated heterocycles. The van der Waals surface area contributed by atoms with Gasteiger partial charge < -0.3 is 24.6 Å². The maximum atomic E-state index is 12.6. The molecule has 0 saturated carbocycles. The van der Waals surface area contributed by atoms with Crippen LogP contribution < -0.4 is 19.5 Å². The molecule has 0 aliphatic carbocycles. The van der Waals surface area contributed by atoms with Crippen LogP contribution in [0.4, 0.5) is 0 Å². The van der Waals surface area contributed by atoms with Crippen molar-refractivity contribution in [2.75, 3.05) is 20.3 Å². The number of amides is 1. The van der Waals surface area contributed by atoms with Crippen LogP contribution in [0.15, 0.2) is 42.5 Å². The lowest BCUT2D eigenvalue weighted by Gasteiger charge is -2.22. The molecule has 1 aliphatic rings. The van der Waals surface area contributed by atoms with Gasteiger partial charge in [-0.25, -0.2) is 4.79 Å². The molecule has 2 aromatic rings. The fourth-order valence-corrected chi connectivity index (χ4v) is 2.70. The summed E-state index contributed by atoms with van der Waals surface area (Å²) < 4.78 is 16.3. The Morgan fingerprint density at radius 3 is 2.62 bits per heavy atom. The molecule has 0 bridgehead atoms. The Balaban J connectivity index is 1.80. The molecule has 136 valence electrons. The lowest BCUT2D eigenvalue weighted by molar-refractivity contribution is -0.139. The fourth-order valence-electron chi connectivity index (χ4n) is 2.70. The summed E-state index contributed by atoms with van der Waals surface area (Å²) in [4.78, 5) is 24.1. The van der Waals surface area contributed by atoms with Crippen molar-refractivity contribution >= 4 is 11.9 Å². The summed E-state index contributed by atoms with van der Waals surface area (Å²) in [5, 5.41) is 12.0. The average molecular weight is 357 g/mol. The van der Waals surface area contributed by atoms with Crippen LogP contribution in [0.5, 0.6) is 17.2 Å². The lowest BCUT2D eigenvalue weighted by Crippen LogP contribution is -2.42. The first-order valence-corrected chi connectivity index (χ1v) is 8.13. The largest absolute Gasteiger partial charge is 0.493 e. The number of carboxylic acid groups (broad SMARTS) is 1. The maximum Gasteiger partial charge on any atom is 0.326 e. The molecule has 1 amide bonds. The number of ether oxygens (including phenoxy) is 3. The first-order valence-electron chi connectivity index (χ1n) is 8.13. The van der Waals surface area contributed by atoms with Gasteiger partial charge in [0.2, 0.25) is 5.75 Å². The van der Waals surface area contributed by atoms with Crippen LogP contribution in [0.25, 0.3) is 0 Å². The zero-order chi connectivity index (χ0) is 18.5. The van der Waals surface area contributed by atoms with Gasteiger partial charge in [0.25, 0.3) is 5.91 Å². The molecule has 26 heavy (non-hydrogen) atoms. The summed E-state index contributed by atoms with van der Waals surface area (Å²) in [6, 6.07) is 11.1. The summed E-state index contributed by atoms with van der Waals surface area (Å²) >= 11 is 0. The highest BCUT2D eigenvalue weighted by molar-refractivity contribution is 5.97. The van der Waals surface area contributed by atoms with Crippen molar-refractivity contribution in [2.24, 2.45) is 0 Å². The van der Waals surface area contributed by atoms with Gasteiger partial charge in [-0.2, -0.15) is 0 Å². The number of benzene rings is 2. The molecular formula is C19H19NO6. The zero-order valence-electron chi connectivity index (χ0n) is 14.2. The number of carboxylic acids is 1. The topological polar surface area (TPSA) is 94.1 Å². The third kappa shape index (κ3) is 3.88. The Hall–Kier alpha value is -3.22. The maximum absolute atomic E-state index is 12.6. The molecule has 0 fully saturated rings. The number of carbonyl (C=O) groups is 2. The number of carbonyl (C=O) groups excluding carboxylic acids is 1. The van der Waals surface area contributed by atoms with Crippen molar-refractivity contribution in [1.82, 2.24) is 5.32 Å². The first kappa shape index (κ1) is 17.6. The minimum Gasteiger partial charge on any atom is -0.493 e. The minimum absolute atomic E-state index is 0.184. The molecule has 0 radical (unpaired) electrons. The molecule has 2 aromatic carbocycles. The van der Waals surface area contributed by atoms with Crippen molar-refractivity contribution in [2.45, 2.75) is 12.5 Å². The van der Waals surface area contributed by atoms with E-state index in [9.17, 15) is 14.7 Å². The van der Waals surface area contributed by atoms with Crippen LogP contribution in [0.2, 0.25) is 0 Å². The van der Waals surface area contributed by atoms with Crippen LogP contribution in [0.1, 0.15) is 15.9 Å². The van der Waals surface area contributed by atoms with E-state index in [0.29, 0.717) is 30.5 Å². The van der Waals surface area contributed by atoms with E-state index in [1.165, 1.54) is 19.2 Å². The highest BCUT2D eigenvalue weighted by Crippen LogP contribution is 2.40. The van der Waals surface area contributed by atoms with E-state index in [0.717, 1.165) is 5.56 Å². The predicted octanol–water partition coefficient (Wildman–Crippen LogP) is 1.89. The Kier molecular flexibility index (Phi) is 5.26. The van der Waals surface area contributed by atoms with E-state index in [4.69, 9.17) is 14.2 Å². The molecule has 0 unspecified atom stereocenters. The van der Waals surface area contributed by atoms with Gasteiger partial charge in [-0.05, 0) is 17.7 Å². The second kappa shape index (κ2) is 7.77. The summed E-state index contributed by atoms with van der Waals surface area (Å²) in [7, 11) is 1.46. The van der Waals surface area contributed by atoms with Crippen LogP contribution >= 0.6 is 0 Å². The highest BCUT2D eigenvalue weighted by atomic mass is 16.6. The molecule has 1 atom stereocenters. The Morgan fingerprint density at radius 1 is 1.19 bits per heavy atom. The molecule has 2 N–H and O–H groups in total. The van der Waals surface area contributed by atoms with Gasteiger partial charge in [-0.3, -0.25) is 4.79 Å².